The van der Waals surface area contributed by atoms with Gasteiger partial charge >= 0.3 is 6.03 Å². The molecule has 0 bridgehead atoms. The molecule has 0 aromatic heterocycles. The number of likely N-dealkylation sites (N-methyl/N-ethyl adjacent to an activating group) is 1. The summed E-state index contributed by atoms with van der Waals surface area (Å²) >= 11 is 0. The fourth-order valence-electron chi connectivity index (χ4n) is 3.66. The zero-order chi connectivity index (χ0) is 18.6. The standard InChI is InChI=1S/C19H29N3O3/c1-5-21(19(25)20-13(2)3)11-16-18(15-9-7-6-8-10-15)17(12-23)22(16)14(4)24/h6-10,13,16-18,23H,5,11-12H2,1-4H3,(H,20,25)/t16-,17-,18-/m0/s1. The molecule has 1 aliphatic rings. The van der Waals surface area contributed by atoms with Crippen LogP contribution in [0.2, 0.25) is 0 Å². The molecule has 0 saturated carbocycles. The van der Waals surface area contributed by atoms with E-state index in [1.807, 2.05) is 51.1 Å². The van der Waals surface area contributed by atoms with E-state index in [1.54, 1.807) is 9.80 Å². The van der Waals surface area contributed by atoms with E-state index >= 15 is 0 Å². The average Bonchev–Trinajstić information content (AvgIpc) is 2.54. The van der Waals surface area contributed by atoms with Crippen LogP contribution in [0.15, 0.2) is 30.3 Å². The molecule has 1 fully saturated rings. The summed E-state index contributed by atoms with van der Waals surface area (Å²) in [5, 5.41) is 12.7. The molecular weight excluding hydrogens is 318 g/mol. The molecule has 1 aliphatic heterocycles. The van der Waals surface area contributed by atoms with Gasteiger partial charge in [-0.15, -0.1) is 0 Å². The molecule has 6 heteroatoms. The van der Waals surface area contributed by atoms with Crippen LogP contribution in [0, 0.1) is 0 Å². The molecule has 0 radical (unpaired) electrons. The highest BCUT2D eigenvalue weighted by molar-refractivity contribution is 5.77. The maximum atomic E-state index is 12.4. The molecule has 3 amide bonds. The first-order valence-corrected chi connectivity index (χ1v) is 8.90. The number of hydrogen-bond acceptors (Lipinski definition) is 3. The van der Waals surface area contributed by atoms with E-state index in [9.17, 15) is 14.7 Å². The molecule has 2 N–H and O–H groups in total. The monoisotopic (exact) mass is 347 g/mol. The average molecular weight is 347 g/mol. The van der Waals surface area contributed by atoms with Gasteiger partial charge in [0.05, 0.1) is 18.7 Å². The van der Waals surface area contributed by atoms with Crippen molar-refractivity contribution < 1.29 is 14.7 Å². The minimum atomic E-state index is -0.239. The Labute approximate surface area is 149 Å². The highest BCUT2D eigenvalue weighted by atomic mass is 16.3. The third kappa shape index (κ3) is 4.12. The van der Waals surface area contributed by atoms with Crippen molar-refractivity contribution in [3.63, 3.8) is 0 Å². The number of hydrogen-bond donors (Lipinski definition) is 2. The molecule has 1 saturated heterocycles. The number of carbonyl (C=O) groups excluding carboxylic acids is 2. The Morgan fingerprint density at radius 3 is 2.36 bits per heavy atom. The second kappa shape index (κ2) is 8.34. The maximum absolute atomic E-state index is 12.4. The van der Waals surface area contributed by atoms with Gasteiger partial charge in [0.15, 0.2) is 0 Å². The Morgan fingerprint density at radius 1 is 1.24 bits per heavy atom. The van der Waals surface area contributed by atoms with Crippen LogP contribution >= 0.6 is 0 Å². The lowest BCUT2D eigenvalue weighted by Gasteiger charge is -2.55. The fraction of sp³-hybridized carbons (Fsp3) is 0.579. The lowest BCUT2D eigenvalue weighted by Crippen LogP contribution is -2.68. The van der Waals surface area contributed by atoms with Crippen LogP contribution in [-0.4, -0.2) is 64.7 Å². The lowest BCUT2D eigenvalue weighted by molar-refractivity contribution is -0.149. The van der Waals surface area contributed by atoms with Gasteiger partial charge in [0.1, 0.15) is 0 Å². The van der Waals surface area contributed by atoms with Crippen molar-refractivity contribution in [2.75, 3.05) is 19.7 Å². The molecule has 0 spiro atoms. The summed E-state index contributed by atoms with van der Waals surface area (Å²) in [5.74, 6) is -0.0486. The predicted octanol–water partition coefficient (Wildman–Crippen LogP) is 1.80. The fourth-order valence-corrected chi connectivity index (χ4v) is 3.66. The smallest absolute Gasteiger partial charge is 0.317 e. The van der Waals surface area contributed by atoms with Gasteiger partial charge in [-0.25, -0.2) is 4.79 Å². The topological polar surface area (TPSA) is 72.9 Å². The molecule has 6 nitrogen and oxygen atoms in total. The van der Waals surface area contributed by atoms with Crippen LogP contribution in [-0.2, 0) is 4.79 Å². The molecule has 25 heavy (non-hydrogen) atoms. The van der Waals surface area contributed by atoms with Gasteiger partial charge in [-0.1, -0.05) is 30.3 Å². The first-order valence-electron chi connectivity index (χ1n) is 8.90. The van der Waals surface area contributed by atoms with Crippen molar-refractivity contribution in [1.82, 2.24) is 15.1 Å². The molecule has 1 heterocycles. The number of nitrogens with one attached hydrogen (secondary N) is 1. The Morgan fingerprint density at radius 2 is 1.88 bits per heavy atom. The first-order chi connectivity index (χ1) is 11.9. The van der Waals surface area contributed by atoms with E-state index in [-0.39, 0.29) is 42.6 Å². The summed E-state index contributed by atoms with van der Waals surface area (Å²) in [6, 6.07) is 9.46. The van der Waals surface area contributed by atoms with Gasteiger partial charge < -0.3 is 20.2 Å². The Bertz CT molecular complexity index is 591. The number of aliphatic hydroxyl groups is 1. The zero-order valence-electron chi connectivity index (χ0n) is 15.5. The Hall–Kier alpha value is -2.08. The number of aliphatic hydroxyl groups excluding tert-OH is 1. The predicted molar refractivity (Wildman–Crippen MR) is 97.3 cm³/mol. The second-order valence-electron chi connectivity index (χ2n) is 6.82. The quantitative estimate of drug-likeness (QED) is 0.824. The molecule has 1 aromatic carbocycles. The van der Waals surface area contributed by atoms with E-state index < -0.39 is 0 Å². The molecule has 138 valence electrons. The van der Waals surface area contributed by atoms with Crippen molar-refractivity contribution in [2.24, 2.45) is 0 Å². The Kier molecular flexibility index (Phi) is 6.42. The summed E-state index contributed by atoms with van der Waals surface area (Å²) in [5.41, 5.74) is 1.09. The number of nitrogens with zero attached hydrogens (tertiary/aromatic N) is 2. The molecule has 0 aliphatic carbocycles. The van der Waals surface area contributed by atoms with E-state index in [1.165, 1.54) is 6.92 Å². The highest BCUT2D eigenvalue weighted by Crippen LogP contribution is 2.41. The van der Waals surface area contributed by atoms with E-state index in [0.29, 0.717) is 13.1 Å². The van der Waals surface area contributed by atoms with Crippen molar-refractivity contribution >= 4 is 11.9 Å². The van der Waals surface area contributed by atoms with Gasteiger partial charge in [0, 0.05) is 32.0 Å². The molecule has 1 aromatic rings. The van der Waals surface area contributed by atoms with Crippen molar-refractivity contribution in [3.8, 4) is 0 Å². The van der Waals surface area contributed by atoms with Gasteiger partial charge in [0.25, 0.3) is 0 Å². The molecule has 3 atom stereocenters. The van der Waals surface area contributed by atoms with E-state index in [4.69, 9.17) is 0 Å². The molecular formula is C19H29N3O3. The van der Waals surface area contributed by atoms with Gasteiger partial charge in [0.2, 0.25) is 5.91 Å². The van der Waals surface area contributed by atoms with Crippen molar-refractivity contribution in [2.45, 2.75) is 51.7 Å². The lowest BCUT2D eigenvalue weighted by atomic mass is 9.75. The van der Waals surface area contributed by atoms with Crippen LogP contribution in [0.25, 0.3) is 0 Å². The van der Waals surface area contributed by atoms with Crippen molar-refractivity contribution in [3.05, 3.63) is 35.9 Å². The number of likely N-dealkylation sites (tertiary alicyclic amines) is 1. The summed E-state index contributed by atoms with van der Waals surface area (Å²) < 4.78 is 0. The largest absolute Gasteiger partial charge is 0.394 e. The second-order valence-corrected chi connectivity index (χ2v) is 6.82. The van der Waals surface area contributed by atoms with Crippen LogP contribution in [0.5, 0.6) is 0 Å². The van der Waals surface area contributed by atoms with Gasteiger partial charge in [-0.05, 0) is 26.3 Å². The summed E-state index contributed by atoms with van der Waals surface area (Å²) in [4.78, 5) is 27.9. The first kappa shape index (κ1) is 19.2. The summed E-state index contributed by atoms with van der Waals surface area (Å²) in [6.07, 6.45) is 0. The van der Waals surface area contributed by atoms with Crippen LogP contribution < -0.4 is 5.32 Å². The Balaban J connectivity index is 2.23. The van der Waals surface area contributed by atoms with Gasteiger partial charge in [-0.3, -0.25) is 4.79 Å². The third-order valence-corrected chi connectivity index (χ3v) is 4.77. The summed E-state index contributed by atoms with van der Waals surface area (Å²) in [6.45, 7) is 8.22. The molecule has 0 unspecified atom stereocenters. The van der Waals surface area contributed by atoms with Crippen molar-refractivity contribution in [1.29, 1.82) is 0 Å². The number of rotatable bonds is 6. The normalized spacial score (nSPS) is 22.5. The highest BCUT2D eigenvalue weighted by Gasteiger charge is 2.50. The zero-order valence-corrected chi connectivity index (χ0v) is 15.5. The maximum Gasteiger partial charge on any atom is 0.317 e. The third-order valence-electron chi connectivity index (χ3n) is 4.77. The number of urea groups is 1. The van der Waals surface area contributed by atoms with Crippen LogP contribution in [0.1, 0.15) is 39.2 Å². The number of amides is 3. The minimum Gasteiger partial charge on any atom is -0.394 e. The number of benzene rings is 1. The van der Waals surface area contributed by atoms with Crippen LogP contribution in [0.4, 0.5) is 4.79 Å². The SMILES string of the molecule is CCN(C[C@H]1[C@H](c2ccccc2)[C@H](CO)N1C(C)=O)C(=O)NC(C)C. The summed E-state index contributed by atoms with van der Waals surface area (Å²) in [7, 11) is 0. The number of carbonyl (C=O) groups is 2. The van der Waals surface area contributed by atoms with E-state index in [2.05, 4.69) is 5.32 Å². The minimum absolute atomic E-state index is 0.0241. The van der Waals surface area contributed by atoms with E-state index in [0.717, 1.165) is 5.56 Å². The molecule has 2 rings (SSSR count). The van der Waals surface area contributed by atoms with Gasteiger partial charge in [-0.2, -0.15) is 0 Å². The van der Waals surface area contributed by atoms with Crippen LogP contribution in [0.3, 0.4) is 0 Å².